The van der Waals surface area contributed by atoms with E-state index in [2.05, 4.69) is 5.32 Å². The molecule has 21 heavy (non-hydrogen) atoms. The molecule has 0 aliphatic heterocycles. The van der Waals surface area contributed by atoms with Crippen molar-refractivity contribution < 1.29 is 14.6 Å². The second-order valence-electron chi connectivity index (χ2n) is 4.64. The van der Waals surface area contributed by atoms with Crippen molar-refractivity contribution in [1.29, 1.82) is 0 Å². The van der Waals surface area contributed by atoms with E-state index in [4.69, 9.17) is 9.47 Å². The van der Waals surface area contributed by atoms with Gasteiger partial charge in [-0.15, -0.1) is 0 Å². The zero-order valence-electron chi connectivity index (χ0n) is 11.9. The summed E-state index contributed by atoms with van der Waals surface area (Å²) in [6.45, 7) is 2.00. The predicted molar refractivity (Wildman–Crippen MR) is 82.8 cm³/mol. The van der Waals surface area contributed by atoms with Crippen LogP contribution in [0.25, 0.3) is 0 Å². The summed E-state index contributed by atoms with van der Waals surface area (Å²) in [6.07, 6.45) is -0.540. The molecular weight excluding hydrogens is 266 g/mol. The number of ether oxygens (including phenoxy) is 2. The van der Waals surface area contributed by atoms with Gasteiger partial charge < -0.3 is 19.9 Å². The molecule has 2 aromatic rings. The van der Waals surface area contributed by atoms with Gasteiger partial charge in [0.05, 0.1) is 0 Å². The van der Waals surface area contributed by atoms with Crippen LogP contribution >= 0.6 is 0 Å². The summed E-state index contributed by atoms with van der Waals surface area (Å²) in [7, 11) is 0. The molecule has 2 rings (SSSR count). The summed E-state index contributed by atoms with van der Waals surface area (Å²) in [5.74, 6) is 1.62. The van der Waals surface area contributed by atoms with E-state index < -0.39 is 6.10 Å². The Balaban J connectivity index is 1.52. The first-order chi connectivity index (χ1) is 10.3. The van der Waals surface area contributed by atoms with Gasteiger partial charge in [-0.1, -0.05) is 36.4 Å². The van der Waals surface area contributed by atoms with Crippen LogP contribution in [0.1, 0.15) is 0 Å². The van der Waals surface area contributed by atoms with E-state index in [9.17, 15) is 5.11 Å². The molecule has 2 N–H and O–H groups in total. The van der Waals surface area contributed by atoms with Gasteiger partial charge in [0, 0.05) is 13.1 Å². The lowest BCUT2D eigenvalue weighted by Crippen LogP contribution is -2.33. The molecule has 0 aliphatic carbocycles. The molecule has 0 aliphatic rings. The normalized spacial score (nSPS) is 11.9. The van der Waals surface area contributed by atoms with Gasteiger partial charge >= 0.3 is 0 Å². The Morgan fingerprint density at radius 3 is 2.05 bits per heavy atom. The average Bonchev–Trinajstić information content (AvgIpc) is 2.54. The first-order valence-corrected chi connectivity index (χ1v) is 7.09. The second kappa shape index (κ2) is 9.00. The largest absolute Gasteiger partial charge is 0.492 e. The molecule has 0 aromatic heterocycles. The predicted octanol–water partition coefficient (Wildman–Crippen LogP) is 2.09. The molecule has 0 bridgehead atoms. The summed E-state index contributed by atoms with van der Waals surface area (Å²) in [6, 6.07) is 19.1. The maximum absolute atomic E-state index is 9.80. The first kappa shape index (κ1) is 15.4. The van der Waals surface area contributed by atoms with Gasteiger partial charge in [-0.05, 0) is 24.3 Å². The topological polar surface area (TPSA) is 50.7 Å². The van der Waals surface area contributed by atoms with Gasteiger partial charge in [-0.2, -0.15) is 0 Å². The molecule has 0 spiro atoms. The van der Waals surface area contributed by atoms with E-state index in [0.29, 0.717) is 19.7 Å². The SMILES string of the molecule is O[C@H](CNCCOc1ccccc1)COc1ccccc1. The number of nitrogens with one attached hydrogen (secondary N) is 1. The standard InChI is InChI=1S/C17H21NO3/c19-15(14-21-17-9-5-2-6-10-17)13-18-11-12-20-16-7-3-1-4-8-16/h1-10,15,18-19H,11-14H2/t15-/m1/s1. The third-order valence-electron chi connectivity index (χ3n) is 2.86. The molecule has 2 aromatic carbocycles. The number of rotatable bonds is 9. The zero-order valence-corrected chi connectivity index (χ0v) is 11.9. The van der Waals surface area contributed by atoms with Gasteiger partial charge in [-0.3, -0.25) is 0 Å². The van der Waals surface area contributed by atoms with E-state index in [1.54, 1.807) is 0 Å². The number of benzene rings is 2. The van der Waals surface area contributed by atoms with Crippen LogP contribution in [0.4, 0.5) is 0 Å². The summed E-state index contributed by atoms with van der Waals surface area (Å²) in [4.78, 5) is 0. The van der Waals surface area contributed by atoms with Crippen molar-refractivity contribution in [2.75, 3.05) is 26.3 Å². The number of hydrogen-bond acceptors (Lipinski definition) is 4. The minimum atomic E-state index is -0.540. The van der Waals surface area contributed by atoms with E-state index in [1.165, 1.54) is 0 Å². The van der Waals surface area contributed by atoms with Crippen molar-refractivity contribution in [1.82, 2.24) is 5.32 Å². The second-order valence-corrected chi connectivity index (χ2v) is 4.64. The van der Waals surface area contributed by atoms with Crippen LogP contribution in [-0.2, 0) is 0 Å². The summed E-state index contributed by atoms with van der Waals surface area (Å²) >= 11 is 0. The monoisotopic (exact) mass is 287 g/mol. The van der Waals surface area contributed by atoms with Crippen molar-refractivity contribution >= 4 is 0 Å². The molecule has 112 valence electrons. The third kappa shape index (κ3) is 6.29. The van der Waals surface area contributed by atoms with Crippen LogP contribution in [0.5, 0.6) is 11.5 Å². The van der Waals surface area contributed by atoms with Crippen molar-refractivity contribution in [3.05, 3.63) is 60.7 Å². The van der Waals surface area contributed by atoms with Crippen LogP contribution in [-0.4, -0.2) is 37.5 Å². The molecule has 0 unspecified atom stereocenters. The van der Waals surface area contributed by atoms with Gasteiger partial charge in [-0.25, -0.2) is 0 Å². The molecule has 0 fully saturated rings. The van der Waals surface area contributed by atoms with Crippen LogP contribution in [0.3, 0.4) is 0 Å². The lowest BCUT2D eigenvalue weighted by atomic mass is 10.3. The first-order valence-electron chi connectivity index (χ1n) is 7.09. The molecule has 4 heteroatoms. The minimum Gasteiger partial charge on any atom is -0.492 e. The Morgan fingerprint density at radius 1 is 0.857 bits per heavy atom. The van der Waals surface area contributed by atoms with Crippen LogP contribution < -0.4 is 14.8 Å². The zero-order chi connectivity index (χ0) is 14.8. The van der Waals surface area contributed by atoms with Crippen LogP contribution in [0.15, 0.2) is 60.7 Å². The molecule has 1 atom stereocenters. The van der Waals surface area contributed by atoms with Crippen molar-refractivity contribution in [2.45, 2.75) is 6.10 Å². The summed E-state index contributed by atoms with van der Waals surface area (Å²) < 4.78 is 11.0. The van der Waals surface area contributed by atoms with Gasteiger partial charge in [0.1, 0.15) is 30.8 Å². The van der Waals surface area contributed by atoms with E-state index in [-0.39, 0.29) is 6.61 Å². The molecule has 0 saturated carbocycles. The summed E-state index contributed by atoms with van der Waals surface area (Å²) in [5, 5.41) is 12.9. The van der Waals surface area contributed by atoms with E-state index in [1.807, 2.05) is 60.7 Å². The minimum absolute atomic E-state index is 0.274. The quantitative estimate of drug-likeness (QED) is 0.693. The molecule has 0 amide bonds. The van der Waals surface area contributed by atoms with Crippen molar-refractivity contribution in [3.8, 4) is 11.5 Å². The fourth-order valence-corrected chi connectivity index (χ4v) is 1.79. The highest BCUT2D eigenvalue weighted by atomic mass is 16.5. The Bertz CT molecular complexity index is 490. The Morgan fingerprint density at radius 2 is 1.43 bits per heavy atom. The van der Waals surface area contributed by atoms with Crippen LogP contribution in [0.2, 0.25) is 0 Å². The number of hydrogen-bond donors (Lipinski definition) is 2. The van der Waals surface area contributed by atoms with E-state index in [0.717, 1.165) is 11.5 Å². The maximum Gasteiger partial charge on any atom is 0.119 e. The molecular formula is C17H21NO3. The lowest BCUT2D eigenvalue weighted by Gasteiger charge is -2.13. The fourth-order valence-electron chi connectivity index (χ4n) is 1.79. The van der Waals surface area contributed by atoms with Crippen molar-refractivity contribution in [2.24, 2.45) is 0 Å². The molecule has 0 heterocycles. The summed E-state index contributed by atoms with van der Waals surface area (Å²) in [5.41, 5.74) is 0. The Kier molecular flexibility index (Phi) is 6.58. The van der Waals surface area contributed by atoms with Gasteiger partial charge in [0.25, 0.3) is 0 Å². The fraction of sp³-hybridized carbons (Fsp3) is 0.294. The highest BCUT2D eigenvalue weighted by Gasteiger charge is 2.04. The average molecular weight is 287 g/mol. The number of para-hydroxylation sites is 2. The highest BCUT2D eigenvalue weighted by Crippen LogP contribution is 2.08. The third-order valence-corrected chi connectivity index (χ3v) is 2.86. The Hall–Kier alpha value is -2.04. The van der Waals surface area contributed by atoms with Gasteiger partial charge in [0.15, 0.2) is 0 Å². The smallest absolute Gasteiger partial charge is 0.119 e. The van der Waals surface area contributed by atoms with Crippen LogP contribution in [0, 0.1) is 0 Å². The van der Waals surface area contributed by atoms with E-state index >= 15 is 0 Å². The maximum atomic E-state index is 9.80. The molecule has 4 nitrogen and oxygen atoms in total. The molecule has 0 radical (unpaired) electrons. The van der Waals surface area contributed by atoms with Crippen molar-refractivity contribution in [3.63, 3.8) is 0 Å². The van der Waals surface area contributed by atoms with Gasteiger partial charge in [0.2, 0.25) is 0 Å². The number of aliphatic hydroxyl groups excluding tert-OH is 1. The molecule has 0 saturated heterocycles. The highest BCUT2D eigenvalue weighted by molar-refractivity contribution is 5.21. The lowest BCUT2D eigenvalue weighted by molar-refractivity contribution is 0.105. The number of aliphatic hydroxyl groups is 1. The Labute approximate surface area is 125 Å².